The maximum Gasteiger partial charge on any atom is 0.322 e. The van der Waals surface area contributed by atoms with E-state index in [1.165, 1.54) is 43.4 Å². The third-order valence-electron chi connectivity index (χ3n) is 3.80. The minimum absolute atomic E-state index is 0.503. The van der Waals surface area contributed by atoms with Crippen LogP contribution in [0, 0.1) is 6.07 Å². The molecule has 16 heavy (non-hydrogen) atoms. The molecule has 0 aromatic carbocycles. The van der Waals surface area contributed by atoms with E-state index in [1.807, 2.05) is 11.3 Å². The van der Waals surface area contributed by atoms with Gasteiger partial charge in [-0.2, -0.15) is 0 Å². The molecule has 0 N–H and O–H groups in total. The van der Waals surface area contributed by atoms with Crippen molar-refractivity contribution < 1.29 is 0 Å². The summed E-state index contributed by atoms with van der Waals surface area (Å²) in [6.45, 7) is 2.26. The van der Waals surface area contributed by atoms with E-state index in [2.05, 4.69) is 23.9 Å². The molecule has 0 spiro atoms. The molecule has 2 heteroatoms. The normalized spacial score (nSPS) is 26.6. The van der Waals surface area contributed by atoms with Crippen molar-refractivity contribution >= 4 is 11.3 Å². The van der Waals surface area contributed by atoms with Gasteiger partial charge in [0.15, 0.2) is 4.88 Å². The Hall–Kier alpha value is -0.810. The summed E-state index contributed by atoms with van der Waals surface area (Å²) in [6.07, 6.45) is 7.81. The van der Waals surface area contributed by atoms with E-state index in [4.69, 9.17) is 0 Å². The van der Waals surface area contributed by atoms with Crippen LogP contribution in [0.2, 0.25) is 0 Å². The summed E-state index contributed by atoms with van der Waals surface area (Å²) in [5.41, 5.74) is 1.62. The number of aryl methyl sites for hydroxylation is 1. The van der Waals surface area contributed by atoms with Gasteiger partial charge in [-0.1, -0.05) is 18.2 Å². The topological polar surface area (TPSA) is 4.36 Å². The van der Waals surface area contributed by atoms with Crippen LogP contribution in [-0.4, -0.2) is 6.04 Å². The van der Waals surface area contributed by atoms with Gasteiger partial charge in [0, 0.05) is 11.3 Å². The van der Waals surface area contributed by atoms with E-state index in [9.17, 15) is 0 Å². The fraction of sp³-hybridized carbons (Fsp3) is 0.643. The molecule has 1 aromatic heterocycles. The maximum atomic E-state index is 4.68. The average Bonchev–Trinajstić information content (AvgIpc) is 2.46. The highest BCUT2D eigenvalue weighted by atomic mass is 32.1. The first-order chi connectivity index (χ1) is 7.88. The average molecular weight is 232 g/mol. The second kappa shape index (κ2) is 4.22. The summed E-state index contributed by atoms with van der Waals surface area (Å²) < 4.78 is 0. The zero-order valence-corrected chi connectivity index (χ0v) is 10.6. The molecule has 1 aromatic rings. The first-order valence-corrected chi connectivity index (χ1v) is 7.28. The van der Waals surface area contributed by atoms with Crippen molar-refractivity contribution in [3.8, 4) is 6.07 Å². The Kier molecular flexibility index (Phi) is 2.73. The summed E-state index contributed by atoms with van der Waals surface area (Å²) >= 11 is 1.92. The molecule has 3 rings (SSSR count). The van der Waals surface area contributed by atoms with Crippen LogP contribution in [0.4, 0.5) is 0 Å². The molecule has 1 nitrogen and oxygen atoms in total. The van der Waals surface area contributed by atoms with Crippen molar-refractivity contribution in [1.82, 2.24) is 0 Å². The van der Waals surface area contributed by atoms with E-state index < -0.39 is 0 Å². The molecule has 0 saturated heterocycles. The summed E-state index contributed by atoms with van der Waals surface area (Å²) in [5, 5.41) is 0. The molecular formula is C14H18NS+. The van der Waals surface area contributed by atoms with Crippen molar-refractivity contribution in [2.45, 2.75) is 57.4 Å². The third kappa shape index (κ3) is 1.68. The SMILES string of the molecule is CCCC1[N+]#Cc2cc3c(s2)CCCCC31. The summed E-state index contributed by atoms with van der Waals surface area (Å²) in [5.74, 6) is 0.692. The van der Waals surface area contributed by atoms with Gasteiger partial charge in [0.25, 0.3) is 6.04 Å². The second-order valence-corrected chi connectivity index (χ2v) is 6.08. The van der Waals surface area contributed by atoms with Gasteiger partial charge in [0.2, 0.25) is 0 Å². The van der Waals surface area contributed by atoms with Crippen LogP contribution in [0.1, 0.15) is 60.3 Å². The number of nitrogens with zero attached hydrogens (tertiary/aromatic N) is 1. The molecule has 2 unspecified atom stereocenters. The quantitative estimate of drug-likeness (QED) is 0.711. The lowest BCUT2D eigenvalue weighted by atomic mass is 9.87. The fourth-order valence-corrected chi connectivity index (χ4v) is 4.13. The van der Waals surface area contributed by atoms with Crippen molar-refractivity contribution in [3.63, 3.8) is 0 Å². The molecule has 0 saturated carbocycles. The molecule has 2 atom stereocenters. The van der Waals surface area contributed by atoms with Crippen molar-refractivity contribution in [2.24, 2.45) is 0 Å². The number of hydrogen-bond acceptors (Lipinski definition) is 1. The standard InChI is InChI=1S/C14H18NS/c1-2-5-13-11-6-3-4-7-14-12(11)8-10(16-14)9-15-13/h8,11,13H,2-7H2,1H3/q+1. The van der Waals surface area contributed by atoms with Crippen LogP contribution in [0.5, 0.6) is 0 Å². The summed E-state index contributed by atoms with van der Waals surface area (Å²) in [4.78, 5) is 7.57. The fourth-order valence-electron chi connectivity index (χ4n) is 3.01. The van der Waals surface area contributed by atoms with Gasteiger partial charge in [0.1, 0.15) is 0 Å². The Bertz CT molecular complexity index is 449. The minimum atomic E-state index is 0.503. The van der Waals surface area contributed by atoms with Gasteiger partial charge in [0.05, 0.1) is 5.92 Å². The number of rotatable bonds is 2. The maximum absolute atomic E-state index is 4.68. The van der Waals surface area contributed by atoms with E-state index in [1.54, 1.807) is 10.4 Å². The highest BCUT2D eigenvalue weighted by Gasteiger charge is 2.36. The van der Waals surface area contributed by atoms with E-state index in [-0.39, 0.29) is 0 Å². The molecule has 1 aliphatic heterocycles. The summed E-state index contributed by atoms with van der Waals surface area (Å²) in [6, 6.07) is 6.13. The van der Waals surface area contributed by atoms with Gasteiger partial charge in [-0.15, -0.1) is 11.3 Å². The molecule has 84 valence electrons. The molecule has 1 aliphatic carbocycles. The van der Waals surface area contributed by atoms with Gasteiger partial charge >= 0.3 is 6.07 Å². The molecule has 0 fully saturated rings. The van der Waals surface area contributed by atoms with Gasteiger partial charge in [-0.3, -0.25) is 0 Å². The predicted molar refractivity (Wildman–Crippen MR) is 69.7 cm³/mol. The highest BCUT2D eigenvalue weighted by Crippen LogP contribution is 2.41. The molecule has 2 bridgehead atoms. The Morgan fingerprint density at radius 2 is 2.44 bits per heavy atom. The Morgan fingerprint density at radius 3 is 3.31 bits per heavy atom. The minimum Gasteiger partial charge on any atom is -0.125 e. The third-order valence-corrected chi connectivity index (χ3v) is 4.91. The summed E-state index contributed by atoms with van der Waals surface area (Å²) in [7, 11) is 0. The van der Waals surface area contributed by atoms with E-state index in [0.717, 1.165) is 0 Å². The van der Waals surface area contributed by atoms with Crippen molar-refractivity contribution in [1.29, 1.82) is 0 Å². The smallest absolute Gasteiger partial charge is 0.125 e. The zero-order valence-electron chi connectivity index (χ0n) is 9.83. The number of hydrogen-bond donors (Lipinski definition) is 0. The van der Waals surface area contributed by atoms with Gasteiger partial charge in [-0.05, 0) is 37.3 Å². The lowest BCUT2D eigenvalue weighted by molar-refractivity contribution is 0.508. The lowest BCUT2D eigenvalue weighted by Crippen LogP contribution is -2.14. The molecule has 0 radical (unpaired) electrons. The van der Waals surface area contributed by atoms with Crippen LogP contribution in [0.25, 0.3) is 4.85 Å². The lowest BCUT2D eigenvalue weighted by Gasteiger charge is -2.13. The zero-order chi connectivity index (χ0) is 11.0. The van der Waals surface area contributed by atoms with Gasteiger partial charge < -0.3 is 0 Å². The first kappa shape index (κ1) is 10.4. The molecular weight excluding hydrogens is 214 g/mol. The monoisotopic (exact) mass is 232 g/mol. The Balaban J connectivity index is 2.04. The van der Waals surface area contributed by atoms with Crippen molar-refractivity contribution in [3.05, 3.63) is 26.2 Å². The van der Waals surface area contributed by atoms with E-state index >= 15 is 0 Å². The van der Waals surface area contributed by atoms with E-state index in [0.29, 0.717) is 12.0 Å². The molecule has 0 amide bonds. The van der Waals surface area contributed by atoms with Crippen LogP contribution in [-0.2, 0) is 6.42 Å². The Morgan fingerprint density at radius 1 is 1.50 bits per heavy atom. The first-order valence-electron chi connectivity index (χ1n) is 6.47. The number of thiophene rings is 1. The van der Waals surface area contributed by atoms with Crippen LogP contribution in [0.15, 0.2) is 6.07 Å². The van der Waals surface area contributed by atoms with Crippen LogP contribution >= 0.6 is 11.3 Å². The predicted octanol–water partition coefficient (Wildman–Crippen LogP) is 4.42. The Labute approximate surface area is 101 Å². The van der Waals surface area contributed by atoms with Crippen LogP contribution in [0.3, 0.4) is 0 Å². The highest BCUT2D eigenvalue weighted by molar-refractivity contribution is 7.12. The van der Waals surface area contributed by atoms with Crippen molar-refractivity contribution in [2.75, 3.05) is 0 Å². The van der Waals surface area contributed by atoms with Gasteiger partial charge in [-0.25, -0.2) is 0 Å². The molecule has 2 aliphatic rings. The largest absolute Gasteiger partial charge is 0.322 e. The van der Waals surface area contributed by atoms with Crippen LogP contribution < -0.4 is 0 Å². The molecule has 2 heterocycles. The number of fused-ring (bicyclic) bond motifs is 1. The second-order valence-electron chi connectivity index (χ2n) is 4.94.